The van der Waals surface area contributed by atoms with Crippen LogP contribution in [0, 0.1) is 0 Å². The van der Waals surface area contributed by atoms with Gasteiger partial charge < -0.3 is 14.2 Å². The highest BCUT2D eigenvalue weighted by molar-refractivity contribution is 5.80. The van der Waals surface area contributed by atoms with Gasteiger partial charge in [0.25, 0.3) is 0 Å². The van der Waals surface area contributed by atoms with Gasteiger partial charge in [0.2, 0.25) is 0 Å². The SMILES string of the molecule is CCOC(=O)C1N=COC1c1ccccc1OC. The summed E-state index contributed by atoms with van der Waals surface area (Å²) in [6, 6.07) is 6.73. The first-order valence-corrected chi connectivity index (χ1v) is 5.74. The molecule has 1 aliphatic rings. The lowest BCUT2D eigenvalue weighted by atomic mass is 10.0. The number of para-hydroxylation sites is 1. The van der Waals surface area contributed by atoms with Crippen LogP contribution in [0.15, 0.2) is 29.3 Å². The van der Waals surface area contributed by atoms with Gasteiger partial charge in [0.05, 0.1) is 13.7 Å². The van der Waals surface area contributed by atoms with Gasteiger partial charge >= 0.3 is 5.97 Å². The Balaban J connectivity index is 2.24. The molecular formula is C13H15NO4. The third-order valence-corrected chi connectivity index (χ3v) is 2.69. The second-order valence-corrected chi connectivity index (χ2v) is 3.75. The first-order chi connectivity index (χ1) is 8.77. The third-order valence-electron chi connectivity index (χ3n) is 2.69. The van der Waals surface area contributed by atoms with Crippen molar-refractivity contribution in [1.29, 1.82) is 0 Å². The van der Waals surface area contributed by atoms with Crippen molar-refractivity contribution in [2.45, 2.75) is 19.1 Å². The van der Waals surface area contributed by atoms with E-state index in [1.165, 1.54) is 6.40 Å². The van der Waals surface area contributed by atoms with Gasteiger partial charge in [0.15, 0.2) is 18.5 Å². The van der Waals surface area contributed by atoms with Gasteiger partial charge in [-0.05, 0) is 13.0 Å². The molecule has 1 aliphatic heterocycles. The zero-order valence-electron chi connectivity index (χ0n) is 10.3. The maximum absolute atomic E-state index is 11.8. The fraction of sp³-hybridized carbons (Fsp3) is 0.385. The number of carbonyl (C=O) groups excluding carboxylic acids is 1. The van der Waals surface area contributed by atoms with Crippen LogP contribution in [0.5, 0.6) is 5.75 Å². The maximum atomic E-state index is 11.8. The van der Waals surface area contributed by atoms with E-state index in [1.54, 1.807) is 14.0 Å². The van der Waals surface area contributed by atoms with Crippen molar-refractivity contribution in [1.82, 2.24) is 0 Å². The smallest absolute Gasteiger partial charge is 0.335 e. The second-order valence-electron chi connectivity index (χ2n) is 3.75. The number of methoxy groups -OCH3 is 1. The summed E-state index contributed by atoms with van der Waals surface area (Å²) in [6.07, 6.45) is 0.804. The lowest BCUT2D eigenvalue weighted by Crippen LogP contribution is -2.26. The lowest BCUT2D eigenvalue weighted by Gasteiger charge is -2.18. The van der Waals surface area contributed by atoms with E-state index in [2.05, 4.69) is 4.99 Å². The highest BCUT2D eigenvalue weighted by atomic mass is 16.5. The molecule has 1 aromatic rings. The zero-order valence-corrected chi connectivity index (χ0v) is 10.3. The number of rotatable bonds is 4. The van der Waals surface area contributed by atoms with Crippen LogP contribution in [0.25, 0.3) is 0 Å². The molecule has 0 saturated heterocycles. The number of benzene rings is 1. The highest BCUT2D eigenvalue weighted by Gasteiger charge is 2.36. The summed E-state index contributed by atoms with van der Waals surface area (Å²) in [7, 11) is 1.58. The van der Waals surface area contributed by atoms with Gasteiger partial charge in [-0.25, -0.2) is 9.79 Å². The Labute approximate surface area is 105 Å². The number of aliphatic imine (C=N–C) groups is 1. The summed E-state index contributed by atoms with van der Waals surface area (Å²) < 4.78 is 15.6. The van der Waals surface area contributed by atoms with Crippen LogP contribution in [0.1, 0.15) is 18.6 Å². The Morgan fingerprint density at radius 2 is 2.22 bits per heavy atom. The van der Waals surface area contributed by atoms with E-state index in [4.69, 9.17) is 14.2 Å². The maximum Gasteiger partial charge on any atom is 0.335 e. The van der Waals surface area contributed by atoms with Crippen LogP contribution in [-0.2, 0) is 14.3 Å². The summed E-state index contributed by atoms with van der Waals surface area (Å²) in [4.78, 5) is 15.8. The minimum Gasteiger partial charge on any atom is -0.496 e. The molecule has 1 heterocycles. The molecule has 1 aromatic carbocycles. The number of esters is 1. The molecule has 2 rings (SSSR count). The third kappa shape index (κ3) is 2.30. The van der Waals surface area contributed by atoms with E-state index in [-0.39, 0.29) is 5.97 Å². The molecule has 0 radical (unpaired) electrons. The van der Waals surface area contributed by atoms with Crippen molar-refractivity contribution < 1.29 is 19.0 Å². The monoisotopic (exact) mass is 249 g/mol. The van der Waals surface area contributed by atoms with Crippen molar-refractivity contribution in [2.75, 3.05) is 13.7 Å². The Hall–Kier alpha value is -2.04. The Morgan fingerprint density at radius 1 is 1.44 bits per heavy atom. The van der Waals surface area contributed by atoms with Crippen molar-refractivity contribution in [2.24, 2.45) is 4.99 Å². The average Bonchev–Trinajstić information content (AvgIpc) is 2.88. The predicted molar refractivity (Wildman–Crippen MR) is 65.7 cm³/mol. The average molecular weight is 249 g/mol. The zero-order chi connectivity index (χ0) is 13.0. The van der Waals surface area contributed by atoms with Crippen molar-refractivity contribution in [3.05, 3.63) is 29.8 Å². The molecule has 0 amide bonds. The molecule has 0 aromatic heterocycles. The summed E-state index contributed by atoms with van der Waals surface area (Å²) in [5, 5.41) is 0. The minimum atomic E-state index is -0.666. The topological polar surface area (TPSA) is 57.1 Å². The van der Waals surface area contributed by atoms with E-state index in [0.29, 0.717) is 12.4 Å². The Morgan fingerprint density at radius 3 is 2.94 bits per heavy atom. The molecule has 96 valence electrons. The van der Waals surface area contributed by atoms with Gasteiger partial charge in [-0.3, -0.25) is 0 Å². The van der Waals surface area contributed by atoms with E-state index >= 15 is 0 Å². The molecule has 5 heteroatoms. The van der Waals surface area contributed by atoms with Crippen LogP contribution in [0.3, 0.4) is 0 Å². The van der Waals surface area contributed by atoms with E-state index in [9.17, 15) is 4.79 Å². The Kier molecular flexibility index (Phi) is 3.82. The first kappa shape index (κ1) is 12.4. The fourth-order valence-electron chi connectivity index (χ4n) is 1.88. The van der Waals surface area contributed by atoms with Crippen LogP contribution < -0.4 is 4.74 Å². The predicted octanol–water partition coefficient (Wildman–Crippen LogP) is 1.73. The second kappa shape index (κ2) is 5.53. The minimum absolute atomic E-state index is 0.323. The summed E-state index contributed by atoms with van der Waals surface area (Å²) in [5.74, 6) is 0.282. The molecule has 0 N–H and O–H groups in total. The van der Waals surface area contributed by atoms with Crippen LogP contribution in [0.2, 0.25) is 0 Å². The quantitative estimate of drug-likeness (QED) is 0.762. The van der Waals surface area contributed by atoms with Crippen LogP contribution in [0.4, 0.5) is 0 Å². The molecule has 0 saturated carbocycles. The first-order valence-electron chi connectivity index (χ1n) is 5.74. The number of carbonyl (C=O) groups is 1. The number of hydrogen-bond donors (Lipinski definition) is 0. The molecule has 18 heavy (non-hydrogen) atoms. The largest absolute Gasteiger partial charge is 0.496 e. The van der Waals surface area contributed by atoms with Gasteiger partial charge in [0, 0.05) is 5.56 Å². The summed E-state index contributed by atoms with van der Waals surface area (Å²) >= 11 is 0. The molecule has 2 atom stereocenters. The van der Waals surface area contributed by atoms with Gasteiger partial charge in [-0.15, -0.1) is 0 Å². The molecule has 5 nitrogen and oxygen atoms in total. The number of ether oxygens (including phenoxy) is 3. The number of hydrogen-bond acceptors (Lipinski definition) is 5. The Bertz CT molecular complexity index is 458. The van der Waals surface area contributed by atoms with Gasteiger partial charge in [0.1, 0.15) is 5.75 Å². The van der Waals surface area contributed by atoms with Crippen LogP contribution in [-0.4, -0.2) is 32.1 Å². The standard InChI is InChI=1S/C13H15NO4/c1-3-17-13(15)11-12(18-8-14-11)9-6-4-5-7-10(9)16-2/h4-8,11-12H,3H2,1-2H3. The molecular weight excluding hydrogens is 234 g/mol. The van der Waals surface area contributed by atoms with Crippen molar-refractivity contribution >= 4 is 12.4 Å². The van der Waals surface area contributed by atoms with E-state index in [0.717, 1.165) is 5.56 Å². The van der Waals surface area contributed by atoms with Crippen molar-refractivity contribution in [3.8, 4) is 5.75 Å². The molecule has 2 unspecified atom stereocenters. The molecule has 0 aliphatic carbocycles. The van der Waals surface area contributed by atoms with Gasteiger partial charge in [-0.1, -0.05) is 18.2 Å². The van der Waals surface area contributed by atoms with Gasteiger partial charge in [-0.2, -0.15) is 0 Å². The molecule has 0 bridgehead atoms. The highest BCUT2D eigenvalue weighted by Crippen LogP contribution is 2.33. The molecule has 0 spiro atoms. The summed E-state index contributed by atoms with van der Waals surface area (Å²) in [6.45, 7) is 2.08. The lowest BCUT2D eigenvalue weighted by molar-refractivity contribution is -0.146. The van der Waals surface area contributed by atoms with E-state index in [1.807, 2.05) is 24.3 Å². The normalized spacial score (nSPS) is 21.4. The molecule has 0 fully saturated rings. The number of nitrogens with zero attached hydrogens (tertiary/aromatic N) is 1. The van der Waals surface area contributed by atoms with Crippen molar-refractivity contribution in [3.63, 3.8) is 0 Å². The van der Waals surface area contributed by atoms with E-state index < -0.39 is 12.1 Å². The van der Waals surface area contributed by atoms with Crippen LogP contribution >= 0.6 is 0 Å². The fourth-order valence-corrected chi connectivity index (χ4v) is 1.88. The summed E-state index contributed by atoms with van der Waals surface area (Å²) in [5.41, 5.74) is 0.788.